The Morgan fingerprint density at radius 2 is 2.19 bits per heavy atom. The van der Waals surface area contributed by atoms with Gasteiger partial charge in [0, 0.05) is 24.8 Å². The number of aliphatic hydroxyl groups excluding tert-OH is 1. The number of nitrogens with one attached hydrogen (secondary N) is 2. The van der Waals surface area contributed by atoms with Crippen LogP contribution in [0.4, 0.5) is 10.5 Å². The second-order valence-electron chi connectivity index (χ2n) is 5.53. The summed E-state index contributed by atoms with van der Waals surface area (Å²) < 4.78 is 0. The summed E-state index contributed by atoms with van der Waals surface area (Å²) in [6, 6.07) is 10.1. The lowest BCUT2D eigenvalue weighted by atomic mass is 10.1. The van der Waals surface area contributed by atoms with Crippen LogP contribution < -0.4 is 15.5 Å². The SMILES string of the molecule is CCC(CO)NC(=O)NC1CCCN(c2ccccc2)C1. The average Bonchev–Trinajstić information content (AvgIpc) is 2.53. The number of anilines is 1. The fraction of sp³-hybridized carbons (Fsp3) is 0.562. The van der Waals surface area contributed by atoms with E-state index in [9.17, 15) is 4.79 Å². The third-order valence-electron chi connectivity index (χ3n) is 3.93. The van der Waals surface area contributed by atoms with Crippen LogP contribution in [0.5, 0.6) is 0 Å². The van der Waals surface area contributed by atoms with E-state index in [2.05, 4.69) is 27.7 Å². The monoisotopic (exact) mass is 291 g/mol. The first-order valence-electron chi connectivity index (χ1n) is 7.70. The minimum atomic E-state index is -0.184. The highest BCUT2D eigenvalue weighted by atomic mass is 16.3. The molecule has 1 saturated heterocycles. The number of carbonyl (C=O) groups is 1. The molecule has 1 aromatic carbocycles. The van der Waals surface area contributed by atoms with Gasteiger partial charge in [0.05, 0.1) is 12.6 Å². The second kappa shape index (κ2) is 7.88. The number of amides is 2. The number of hydrogen-bond donors (Lipinski definition) is 3. The van der Waals surface area contributed by atoms with Crippen LogP contribution in [0.25, 0.3) is 0 Å². The van der Waals surface area contributed by atoms with E-state index in [1.54, 1.807) is 0 Å². The molecule has 0 radical (unpaired) electrons. The summed E-state index contributed by atoms with van der Waals surface area (Å²) in [5.41, 5.74) is 1.20. The predicted octanol–water partition coefficient (Wildman–Crippen LogP) is 1.73. The molecular formula is C16H25N3O2. The smallest absolute Gasteiger partial charge is 0.315 e. The van der Waals surface area contributed by atoms with Gasteiger partial charge in [-0.15, -0.1) is 0 Å². The van der Waals surface area contributed by atoms with Gasteiger partial charge in [-0.25, -0.2) is 4.79 Å². The summed E-state index contributed by atoms with van der Waals surface area (Å²) >= 11 is 0. The number of aliphatic hydroxyl groups is 1. The Morgan fingerprint density at radius 1 is 1.43 bits per heavy atom. The number of hydrogen-bond acceptors (Lipinski definition) is 3. The third kappa shape index (κ3) is 4.63. The Balaban J connectivity index is 1.85. The van der Waals surface area contributed by atoms with E-state index in [0.29, 0.717) is 0 Å². The molecule has 0 aromatic heterocycles. The molecule has 0 bridgehead atoms. The molecule has 1 aliphatic heterocycles. The lowest BCUT2D eigenvalue weighted by molar-refractivity contribution is 0.210. The first-order chi connectivity index (χ1) is 10.2. The second-order valence-corrected chi connectivity index (χ2v) is 5.53. The molecule has 116 valence electrons. The highest BCUT2D eigenvalue weighted by Crippen LogP contribution is 2.19. The molecular weight excluding hydrogens is 266 g/mol. The standard InChI is InChI=1S/C16H25N3O2/c1-2-13(12-20)17-16(21)18-14-7-6-10-19(11-14)15-8-4-3-5-9-15/h3-5,8-9,13-14,20H,2,6-7,10-12H2,1H3,(H2,17,18,21). The average molecular weight is 291 g/mol. The number of carbonyl (C=O) groups excluding carboxylic acids is 1. The summed E-state index contributed by atoms with van der Waals surface area (Å²) in [6.45, 7) is 3.77. The molecule has 0 aliphatic carbocycles. The van der Waals surface area contributed by atoms with Crippen LogP contribution >= 0.6 is 0 Å². The fourth-order valence-corrected chi connectivity index (χ4v) is 2.66. The molecule has 5 heteroatoms. The van der Waals surface area contributed by atoms with Crippen molar-refractivity contribution in [2.45, 2.75) is 38.3 Å². The summed E-state index contributed by atoms with van der Waals surface area (Å²) in [4.78, 5) is 14.2. The Morgan fingerprint density at radius 3 is 2.86 bits per heavy atom. The van der Waals surface area contributed by atoms with Crippen molar-refractivity contribution < 1.29 is 9.90 Å². The molecule has 2 unspecified atom stereocenters. The first-order valence-corrected chi connectivity index (χ1v) is 7.70. The largest absolute Gasteiger partial charge is 0.394 e. The number of piperidine rings is 1. The van der Waals surface area contributed by atoms with Gasteiger partial charge in [-0.1, -0.05) is 25.1 Å². The van der Waals surface area contributed by atoms with Crippen molar-refractivity contribution in [2.75, 3.05) is 24.6 Å². The Labute approximate surface area is 126 Å². The van der Waals surface area contributed by atoms with E-state index in [-0.39, 0.29) is 24.7 Å². The highest BCUT2D eigenvalue weighted by molar-refractivity contribution is 5.74. The molecule has 1 aromatic rings. The van der Waals surface area contributed by atoms with Crippen molar-refractivity contribution >= 4 is 11.7 Å². The Kier molecular flexibility index (Phi) is 5.87. The van der Waals surface area contributed by atoms with Crippen LogP contribution in [0.1, 0.15) is 26.2 Å². The summed E-state index contributed by atoms with van der Waals surface area (Å²) in [5.74, 6) is 0. The van der Waals surface area contributed by atoms with Crippen molar-refractivity contribution in [3.05, 3.63) is 30.3 Å². The van der Waals surface area contributed by atoms with E-state index in [1.165, 1.54) is 5.69 Å². The van der Waals surface area contributed by atoms with Gasteiger partial charge >= 0.3 is 6.03 Å². The predicted molar refractivity (Wildman–Crippen MR) is 84.5 cm³/mol. The number of nitrogens with zero attached hydrogens (tertiary/aromatic N) is 1. The van der Waals surface area contributed by atoms with E-state index in [0.717, 1.165) is 32.4 Å². The van der Waals surface area contributed by atoms with Crippen LogP contribution in [0, 0.1) is 0 Å². The minimum Gasteiger partial charge on any atom is -0.394 e. The Bertz CT molecular complexity index is 434. The maximum Gasteiger partial charge on any atom is 0.315 e. The van der Waals surface area contributed by atoms with Crippen molar-refractivity contribution in [1.29, 1.82) is 0 Å². The molecule has 1 fully saturated rings. The van der Waals surface area contributed by atoms with Gasteiger partial charge in [-0.2, -0.15) is 0 Å². The molecule has 2 amide bonds. The van der Waals surface area contributed by atoms with Crippen molar-refractivity contribution in [3.63, 3.8) is 0 Å². The van der Waals surface area contributed by atoms with E-state index < -0.39 is 0 Å². The first kappa shape index (κ1) is 15.6. The lowest BCUT2D eigenvalue weighted by Gasteiger charge is -2.35. The van der Waals surface area contributed by atoms with Gasteiger partial charge in [0.15, 0.2) is 0 Å². The maximum absolute atomic E-state index is 11.9. The summed E-state index contributed by atoms with van der Waals surface area (Å²) in [6.07, 6.45) is 2.79. The van der Waals surface area contributed by atoms with Crippen molar-refractivity contribution in [2.24, 2.45) is 0 Å². The third-order valence-corrected chi connectivity index (χ3v) is 3.93. The normalized spacial score (nSPS) is 19.9. The highest BCUT2D eigenvalue weighted by Gasteiger charge is 2.22. The lowest BCUT2D eigenvalue weighted by Crippen LogP contribution is -2.52. The topological polar surface area (TPSA) is 64.6 Å². The van der Waals surface area contributed by atoms with Gasteiger partial charge in [0.1, 0.15) is 0 Å². The number of benzene rings is 1. The van der Waals surface area contributed by atoms with E-state index in [4.69, 9.17) is 5.11 Å². The molecule has 21 heavy (non-hydrogen) atoms. The maximum atomic E-state index is 11.9. The van der Waals surface area contributed by atoms with E-state index in [1.807, 2.05) is 25.1 Å². The number of urea groups is 1. The van der Waals surface area contributed by atoms with Gasteiger partial charge in [0.25, 0.3) is 0 Å². The van der Waals surface area contributed by atoms with Crippen LogP contribution in [0.3, 0.4) is 0 Å². The van der Waals surface area contributed by atoms with Gasteiger partial charge in [0.2, 0.25) is 0 Å². The molecule has 1 aliphatic rings. The van der Waals surface area contributed by atoms with Crippen LogP contribution in [0.2, 0.25) is 0 Å². The van der Waals surface area contributed by atoms with Crippen LogP contribution in [0.15, 0.2) is 30.3 Å². The van der Waals surface area contributed by atoms with Gasteiger partial charge in [-0.05, 0) is 31.4 Å². The van der Waals surface area contributed by atoms with Gasteiger partial charge < -0.3 is 20.6 Å². The molecule has 3 N–H and O–H groups in total. The van der Waals surface area contributed by atoms with E-state index >= 15 is 0 Å². The zero-order valence-electron chi connectivity index (χ0n) is 12.6. The number of para-hydroxylation sites is 1. The van der Waals surface area contributed by atoms with Crippen molar-refractivity contribution in [3.8, 4) is 0 Å². The van der Waals surface area contributed by atoms with Gasteiger partial charge in [-0.3, -0.25) is 0 Å². The molecule has 1 heterocycles. The minimum absolute atomic E-state index is 0.0231. The summed E-state index contributed by atoms with van der Waals surface area (Å²) in [5, 5.41) is 14.9. The summed E-state index contributed by atoms with van der Waals surface area (Å²) in [7, 11) is 0. The molecule has 2 rings (SSSR count). The number of rotatable bonds is 5. The molecule has 2 atom stereocenters. The van der Waals surface area contributed by atoms with Crippen molar-refractivity contribution in [1.82, 2.24) is 10.6 Å². The van der Waals surface area contributed by atoms with Crippen LogP contribution in [-0.2, 0) is 0 Å². The molecule has 0 spiro atoms. The van der Waals surface area contributed by atoms with Crippen LogP contribution in [-0.4, -0.2) is 42.9 Å². The Hall–Kier alpha value is -1.75. The molecule has 5 nitrogen and oxygen atoms in total. The fourth-order valence-electron chi connectivity index (χ4n) is 2.66. The zero-order chi connectivity index (χ0) is 15.1. The quantitative estimate of drug-likeness (QED) is 0.774. The molecule has 0 saturated carbocycles. The zero-order valence-corrected chi connectivity index (χ0v) is 12.6.